The number of anilines is 1. The Bertz CT molecular complexity index is 1120. The summed E-state index contributed by atoms with van der Waals surface area (Å²) < 4.78 is 37.5. The van der Waals surface area contributed by atoms with Gasteiger partial charge in [-0.25, -0.2) is 4.79 Å². The molecule has 154 valence electrons. The number of rotatable bonds is 6. The molecule has 0 amide bonds. The van der Waals surface area contributed by atoms with E-state index in [9.17, 15) is 23.2 Å². The molecule has 1 aliphatic heterocycles. The van der Waals surface area contributed by atoms with Gasteiger partial charge in [0.05, 0.1) is 12.8 Å². The third-order valence-corrected chi connectivity index (χ3v) is 4.45. The molecule has 0 atom stereocenters. The van der Waals surface area contributed by atoms with Crippen LogP contribution in [-0.4, -0.2) is 28.6 Å². The quantitative estimate of drug-likeness (QED) is 0.739. The fourth-order valence-corrected chi connectivity index (χ4v) is 3.13. The Morgan fingerprint density at radius 3 is 2.59 bits per heavy atom. The molecule has 2 heterocycles. The molecule has 0 radical (unpaired) electrons. The predicted molar refractivity (Wildman–Crippen MR) is 102 cm³/mol. The van der Waals surface area contributed by atoms with Crippen molar-refractivity contribution in [2.75, 3.05) is 12.4 Å². The number of aromatic nitrogens is 2. The van der Waals surface area contributed by atoms with E-state index >= 15 is 0 Å². The molecule has 29 heavy (non-hydrogen) atoms. The Kier molecular flexibility index (Phi) is 5.53. The number of halogens is 2. The smallest absolute Gasteiger partial charge is 0.387 e. The lowest BCUT2D eigenvalue weighted by Crippen LogP contribution is -2.40. The van der Waals surface area contributed by atoms with E-state index in [1.165, 1.54) is 36.9 Å². The van der Waals surface area contributed by atoms with E-state index in [-0.39, 0.29) is 34.1 Å². The van der Waals surface area contributed by atoms with Crippen molar-refractivity contribution in [3.63, 3.8) is 0 Å². The summed E-state index contributed by atoms with van der Waals surface area (Å²) in [7, 11) is 2.59. The molecule has 0 spiro atoms. The summed E-state index contributed by atoms with van der Waals surface area (Å²) in [5.74, 6) is -0.741. The number of nitrogens with zero attached hydrogens (tertiary/aromatic N) is 2. The summed E-state index contributed by atoms with van der Waals surface area (Å²) in [5.41, 5.74) is -1.35. The number of fused-ring (bicyclic) bond motifs is 1. The number of carbonyl (C=O) groups excluding carboxylic acids is 1. The van der Waals surface area contributed by atoms with Crippen molar-refractivity contribution in [2.45, 2.75) is 26.5 Å². The van der Waals surface area contributed by atoms with Gasteiger partial charge in [0.2, 0.25) is 5.78 Å². The van der Waals surface area contributed by atoms with Gasteiger partial charge in [0.1, 0.15) is 11.4 Å². The SMILES string of the molecule is CCCn1c2c(c(=O)n(C)c1=O)C(=O)/C(=C/c1cccc(OC)c1OC(F)F)N2. The van der Waals surface area contributed by atoms with E-state index in [4.69, 9.17) is 4.74 Å². The zero-order valence-electron chi connectivity index (χ0n) is 16.0. The number of allylic oxidation sites excluding steroid dienone is 1. The fraction of sp³-hybridized carbons (Fsp3) is 0.316. The molecule has 10 heteroatoms. The summed E-state index contributed by atoms with van der Waals surface area (Å²) in [6, 6.07) is 4.44. The first-order valence-corrected chi connectivity index (χ1v) is 8.79. The lowest BCUT2D eigenvalue weighted by Gasteiger charge is -2.13. The molecule has 0 saturated heterocycles. The molecular formula is C19H19F2N3O5. The van der Waals surface area contributed by atoms with Crippen molar-refractivity contribution in [2.24, 2.45) is 7.05 Å². The average Bonchev–Trinajstić information content (AvgIpc) is 3.00. The highest BCUT2D eigenvalue weighted by Crippen LogP contribution is 2.35. The van der Waals surface area contributed by atoms with Crippen LogP contribution in [0.4, 0.5) is 14.6 Å². The monoisotopic (exact) mass is 407 g/mol. The molecule has 3 rings (SSSR count). The van der Waals surface area contributed by atoms with Crippen LogP contribution in [0.3, 0.4) is 0 Å². The molecule has 8 nitrogen and oxygen atoms in total. The van der Waals surface area contributed by atoms with Crippen LogP contribution in [0, 0.1) is 0 Å². The Morgan fingerprint density at radius 2 is 1.97 bits per heavy atom. The Hall–Kier alpha value is -3.43. The standard InChI is InChI=1S/C19H19F2N3O5/c1-4-8-24-16-13(17(26)23(2)19(24)27)14(25)11(22-16)9-10-6-5-7-12(28-3)15(10)29-18(20)21/h5-7,9,18,22H,4,8H2,1-3H3/b11-9-. The van der Waals surface area contributed by atoms with E-state index in [2.05, 4.69) is 10.1 Å². The highest BCUT2D eigenvalue weighted by atomic mass is 19.3. The van der Waals surface area contributed by atoms with Crippen LogP contribution in [-0.2, 0) is 13.6 Å². The first-order valence-electron chi connectivity index (χ1n) is 8.79. The third-order valence-electron chi connectivity index (χ3n) is 4.45. The second kappa shape index (κ2) is 7.90. The van der Waals surface area contributed by atoms with Gasteiger partial charge < -0.3 is 14.8 Å². The van der Waals surface area contributed by atoms with E-state index in [1.54, 1.807) is 6.07 Å². The van der Waals surface area contributed by atoms with Gasteiger partial charge >= 0.3 is 12.3 Å². The molecule has 0 aliphatic carbocycles. The van der Waals surface area contributed by atoms with Crippen LogP contribution in [0.1, 0.15) is 29.3 Å². The maximum absolute atomic E-state index is 12.9. The average molecular weight is 407 g/mol. The summed E-state index contributed by atoms with van der Waals surface area (Å²) in [5, 5.41) is 2.79. The molecule has 0 fully saturated rings. The normalized spacial score (nSPS) is 14.3. The van der Waals surface area contributed by atoms with Crippen molar-refractivity contribution >= 4 is 17.7 Å². The van der Waals surface area contributed by atoms with Crippen LogP contribution in [0.2, 0.25) is 0 Å². The van der Waals surface area contributed by atoms with Crippen molar-refractivity contribution < 1.29 is 23.0 Å². The predicted octanol–water partition coefficient (Wildman–Crippen LogP) is 2.22. The Balaban J connectivity index is 2.16. The summed E-state index contributed by atoms with van der Waals surface area (Å²) >= 11 is 0. The number of Topliss-reactive ketones (excluding diaryl/α,β-unsaturated/α-hetero) is 1. The van der Waals surface area contributed by atoms with E-state index < -0.39 is 23.6 Å². The zero-order valence-corrected chi connectivity index (χ0v) is 16.0. The number of methoxy groups -OCH3 is 1. The minimum atomic E-state index is -3.10. The van der Waals surface area contributed by atoms with Gasteiger partial charge in [-0.1, -0.05) is 19.1 Å². The largest absolute Gasteiger partial charge is 0.493 e. The van der Waals surface area contributed by atoms with E-state index in [0.29, 0.717) is 13.0 Å². The van der Waals surface area contributed by atoms with Crippen molar-refractivity contribution in [3.05, 3.63) is 55.9 Å². The number of hydrogen-bond acceptors (Lipinski definition) is 6. The van der Waals surface area contributed by atoms with E-state index in [0.717, 1.165) is 4.57 Å². The number of carbonyl (C=O) groups is 1. The van der Waals surface area contributed by atoms with E-state index in [1.807, 2.05) is 6.92 Å². The van der Waals surface area contributed by atoms with Crippen LogP contribution in [0.25, 0.3) is 6.08 Å². The topological polar surface area (TPSA) is 91.6 Å². The summed E-state index contributed by atoms with van der Waals surface area (Å²) in [6.45, 7) is -0.960. The van der Waals surface area contributed by atoms with Gasteiger partial charge in [-0.15, -0.1) is 0 Å². The van der Waals surface area contributed by atoms with Crippen LogP contribution in [0.5, 0.6) is 11.5 Å². The minimum absolute atomic E-state index is 0.0417. The van der Waals surface area contributed by atoms with Gasteiger partial charge in [0, 0.05) is 19.2 Å². The molecule has 1 aliphatic rings. The maximum atomic E-state index is 12.9. The van der Waals surface area contributed by atoms with Crippen LogP contribution >= 0.6 is 0 Å². The fourth-order valence-electron chi connectivity index (χ4n) is 3.13. The van der Waals surface area contributed by atoms with Crippen LogP contribution in [0.15, 0.2) is 33.5 Å². The third kappa shape index (κ3) is 3.53. The van der Waals surface area contributed by atoms with Gasteiger partial charge in [0.25, 0.3) is 5.56 Å². The molecule has 0 bridgehead atoms. The first-order chi connectivity index (χ1) is 13.8. The molecule has 1 N–H and O–H groups in total. The highest BCUT2D eigenvalue weighted by Gasteiger charge is 2.32. The first kappa shape index (κ1) is 20.3. The molecule has 2 aromatic rings. The number of ether oxygens (including phenoxy) is 2. The van der Waals surface area contributed by atoms with Gasteiger partial charge in [-0.2, -0.15) is 8.78 Å². The molecule has 1 aromatic heterocycles. The Labute approximate surface area is 164 Å². The molecule has 0 unspecified atom stereocenters. The van der Waals surface area contributed by atoms with Crippen molar-refractivity contribution in [1.82, 2.24) is 9.13 Å². The number of nitrogens with one attached hydrogen (secondary N) is 1. The second-order valence-electron chi connectivity index (χ2n) is 6.29. The number of hydrogen-bond donors (Lipinski definition) is 1. The molecule has 0 saturated carbocycles. The van der Waals surface area contributed by atoms with Crippen LogP contribution < -0.4 is 26.0 Å². The van der Waals surface area contributed by atoms with Gasteiger partial charge in [0.15, 0.2) is 11.5 Å². The molecular weight excluding hydrogens is 388 g/mol. The number of alkyl halides is 2. The second-order valence-corrected chi connectivity index (χ2v) is 6.29. The lowest BCUT2D eigenvalue weighted by atomic mass is 10.1. The maximum Gasteiger partial charge on any atom is 0.387 e. The molecule has 1 aromatic carbocycles. The number of para-hydroxylation sites is 1. The number of ketones is 1. The lowest BCUT2D eigenvalue weighted by molar-refractivity contribution is -0.0513. The van der Waals surface area contributed by atoms with Gasteiger partial charge in [-0.05, 0) is 18.6 Å². The van der Waals surface area contributed by atoms with Crippen molar-refractivity contribution in [3.8, 4) is 11.5 Å². The van der Waals surface area contributed by atoms with Gasteiger partial charge in [-0.3, -0.25) is 18.7 Å². The number of benzene rings is 1. The minimum Gasteiger partial charge on any atom is -0.493 e. The zero-order chi connectivity index (χ0) is 21.3. The Morgan fingerprint density at radius 1 is 1.24 bits per heavy atom. The van der Waals surface area contributed by atoms with Crippen molar-refractivity contribution in [1.29, 1.82) is 0 Å². The summed E-state index contributed by atoms with van der Waals surface area (Å²) in [4.78, 5) is 37.7. The highest BCUT2D eigenvalue weighted by molar-refractivity contribution is 6.19. The summed E-state index contributed by atoms with van der Waals surface area (Å²) in [6.07, 6.45) is 1.88.